The Morgan fingerprint density at radius 1 is 1.23 bits per heavy atom. The molecule has 0 saturated carbocycles. The summed E-state index contributed by atoms with van der Waals surface area (Å²) >= 11 is 0. The third kappa shape index (κ3) is 5.60. The molecule has 0 aromatic heterocycles. The van der Waals surface area contributed by atoms with Gasteiger partial charge in [0, 0.05) is 27.1 Å². The van der Waals surface area contributed by atoms with Crippen molar-refractivity contribution in [2.45, 2.75) is 26.1 Å². The molecular formula is C9H18O4. The number of hydrogen-bond donors (Lipinski definition) is 0. The minimum Gasteiger partial charge on any atom is -0.469 e. The first-order valence-corrected chi connectivity index (χ1v) is 4.26. The summed E-state index contributed by atoms with van der Waals surface area (Å²) < 4.78 is 14.6. The Kier molecular flexibility index (Phi) is 6.54. The fourth-order valence-corrected chi connectivity index (χ4v) is 1.07. The SMILES string of the molecule is COC(=O)C[C@H](C)CC(OC)OC. The molecule has 0 aliphatic carbocycles. The summed E-state index contributed by atoms with van der Waals surface area (Å²) in [5, 5.41) is 0. The third-order valence-electron chi connectivity index (χ3n) is 1.86. The monoisotopic (exact) mass is 190 g/mol. The lowest BCUT2D eigenvalue weighted by atomic mass is 10.0. The molecular weight excluding hydrogens is 172 g/mol. The summed E-state index contributed by atoms with van der Waals surface area (Å²) in [6.07, 6.45) is 0.863. The molecule has 0 spiro atoms. The fourth-order valence-electron chi connectivity index (χ4n) is 1.07. The molecule has 0 radical (unpaired) electrons. The van der Waals surface area contributed by atoms with E-state index in [1.54, 1.807) is 14.2 Å². The smallest absolute Gasteiger partial charge is 0.305 e. The molecule has 0 aliphatic heterocycles. The molecule has 78 valence electrons. The quantitative estimate of drug-likeness (QED) is 0.466. The predicted octanol–water partition coefficient (Wildman–Crippen LogP) is 1.19. The Hall–Kier alpha value is -0.610. The summed E-state index contributed by atoms with van der Waals surface area (Å²) in [6.45, 7) is 1.96. The van der Waals surface area contributed by atoms with Crippen LogP contribution in [0.3, 0.4) is 0 Å². The molecule has 0 fully saturated rings. The summed E-state index contributed by atoms with van der Waals surface area (Å²) in [4.78, 5) is 10.9. The van der Waals surface area contributed by atoms with E-state index in [1.807, 2.05) is 6.92 Å². The highest BCUT2D eigenvalue weighted by atomic mass is 16.7. The highest BCUT2D eigenvalue weighted by Crippen LogP contribution is 2.13. The number of methoxy groups -OCH3 is 3. The van der Waals surface area contributed by atoms with Gasteiger partial charge in [-0.25, -0.2) is 0 Å². The van der Waals surface area contributed by atoms with E-state index >= 15 is 0 Å². The van der Waals surface area contributed by atoms with Crippen LogP contribution in [-0.2, 0) is 19.0 Å². The topological polar surface area (TPSA) is 44.8 Å². The second-order valence-corrected chi connectivity index (χ2v) is 3.02. The Morgan fingerprint density at radius 3 is 2.15 bits per heavy atom. The largest absolute Gasteiger partial charge is 0.469 e. The first-order valence-electron chi connectivity index (χ1n) is 4.26. The van der Waals surface area contributed by atoms with Crippen molar-refractivity contribution in [3.63, 3.8) is 0 Å². The summed E-state index contributed by atoms with van der Waals surface area (Å²) in [5.74, 6) is 0.0100. The van der Waals surface area contributed by atoms with Crippen molar-refractivity contribution in [1.82, 2.24) is 0 Å². The summed E-state index contributed by atoms with van der Waals surface area (Å²) in [7, 11) is 4.55. The maximum atomic E-state index is 10.9. The molecule has 0 aromatic rings. The zero-order valence-corrected chi connectivity index (χ0v) is 8.70. The Balaban J connectivity index is 3.71. The first kappa shape index (κ1) is 12.4. The van der Waals surface area contributed by atoms with Crippen molar-refractivity contribution in [3.05, 3.63) is 0 Å². The van der Waals surface area contributed by atoms with Gasteiger partial charge in [-0.2, -0.15) is 0 Å². The van der Waals surface area contributed by atoms with E-state index < -0.39 is 0 Å². The molecule has 0 saturated heterocycles. The van der Waals surface area contributed by atoms with Crippen molar-refractivity contribution in [2.24, 2.45) is 5.92 Å². The highest BCUT2D eigenvalue weighted by molar-refractivity contribution is 5.69. The van der Waals surface area contributed by atoms with Gasteiger partial charge in [0.2, 0.25) is 0 Å². The van der Waals surface area contributed by atoms with Crippen molar-refractivity contribution >= 4 is 5.97 Å². The van der Waals surface area contributed by atoms with Crippen molar-refractivity contribution in [2.75, 3.05) is 21.3 Å². The average Bonchev–Trinajstić information content (AvgIpc) is 2.13. The Labute approximate surface area is 79.2 Å². The second-order valence-electron chi connectivity index (χ2n) is 3.02. The van der Waals surface area contributed by atoms with Crippen LogP contribution < -0.4 is 0 Å². The number of rotatable bonds is 6. The lowest BCUT2D eigenvalue weighted by Crippen LogP contribution is -2.18. The average molecular weight is 190 g/mol. The van der Waals surface area contributed by atoms with E-state index in [1.165, 1.54) is 7.11 Å². The molecule has 4 nitrogen and oxygen atoms in total. The normalized spacial score (nSPS) is 13.0. The van der Waals surface area contributed by atoms with Crippen LogP contribution >= 0.6 is 0 Å². The number of carbonyl (C=O) groups excluding carboxylic acids is 1. The molecule has 4 heteroatoms. The van der Waals surface area contributed by atoms with Crippen LogP contribution in [0.25, 0.3) is 0 Å². The molecule has 0 aliphatic rings. The van der Waals surface area contributed by atoms with Crippen LogP contribution in [0.5, 0.6) is 0 Å². The number of hydrogen-bond acceptors (Lipinski definition) is 4. The maximum absolute atomic E-state index is 10.9. The zero-order valence-electron chi connectivity index (χ0n) is 8.70. The van der Waals surface area contributed by atoms with E-state index in [-0.39, 0.29) is 18.2 Å². The Bertz CT molecular complexity index is 143. The van der Waals surface area contributed by atoms with Gasteiger partial charge in [0.25, 0.3) is 0 Å². The van der Waals surface area contributed by atoms with Crippen molar-refractivity contribution in [3.8, 4) is 0 Å². The maximum Gasteiger partial charge on any atom is 0.305 e. The molecule has 0 bridgehead atoms. The third-order valence-corrected chi connectivity index (χ3v) is 1.86. The van der Waals surface area contributed by atoms with Gasteiger partial charge >= 0.3 is 5.97 Å². The van der Waals surface area contributed by atoms with Gasteiger partial charge in [-0.05, 0) is 5.92 Å². The van der Waals surface area contributed by atoms with Gasteiger partial charge in [-0.15, -0.1) is 0 Å². The van der Waals surface area contributed by atoms with Crippen molar-refractivity contribution in [1.29, 1.82) is 0 Å². The molecule has 0 aromatic carbocycles. The Morgan fingerprint density at radius 2 is 1.77 bits per heavy atom. The number of ether oxygens (including phenoxy) is 3. The lowest BCUT2D eigenvalue weighted by Gasteiger charge is -2.17. The fraction of sp³-hybridized carbons (Fsp3) is 0.889. The van der Waals surface area contributed by atoms with Gasteiger partial charge < -0.3 is 14.2 Å². The standard InChI is InChI=1S/C9H18O4/c1-7(5-8(10)11-2)6-9(12-3)13-4/h7,9H,5-6H2,1-4H3/t7-/m0/s1. The summed E-state index contributed by atoms with van der Waals surface area (Å²) in [5.41, 5.74) is 0. The minimum atomic E-state index is -0.236. The van der Waals surface area contributed by atoms with Gasteiger partial charge in [-0.1, -0.05) is 6.92 Å². The molecule has 0 rings (SSSR count). The van der Waals surface area contributed by atoms with E-state index in [2.05, 4.69) is 4.74 Å². The van der Waals surface area contributed by atoms with Crippen LogP contribution in [0.2, 0.25) is 0 Å². The second kappa shape index (κ2) is 6.86. The van der Waals surface area contributed by atoms with Crippen LogP contribution in [0.4, 0.5) is 0 Å². The lowest BCUT2D eigenvalue weighted by molar-refractivity contribution is -0.143. The minimum absolute atomic E-state index is 0.196. The van der Waals surface area contributed by atoms with Crippen LogP contribution in [0.1, 0.15) is 19.8 Å². The van der Waals surface area contributed by atoms with Gasteiger partial charge in [-0.3, -0.25) is 4.79 Å². The molecule has 0 unspecified atom stereocenters. The van der Waals surface area contributed by atoms with Crippen LogP contribution in [0, 0.1) is 5.92 Å². The zero-order chi connectivity index (χ0) is 10.3. The number of carbonyl (C=O) groups is 1. The molecule has 0 amide bonds. The predicted molar refractivity (Wildman–Crippen MR) is 48.2 cm³/mol. The van der Waals surface area contributed by atoms with Gasteiger partial charge in [0.15, 0.2) is 6.29 Å². The van der Waals surface area contributed by atoms with Crippen LogP contribution in [-0.4, -0.2) is 33.6 Å². The molecule has 13 heavy (non-hydrogen) atoms. The molecule has 0 N–H and O–H groups in total. The van der Waals surface area contributed by atoms with Gasteiger partial charge in [0.05, 0.1) is 7.11 Å². The van der Waals surface area contributed by atoms with E-state index in [9.17, 15) is 4.79 Å². The first-order chi connectivity index (χ1) is 6.13. The molecule has 1 atom stereocenters. The number of esters is 1. The van der Waals surface area contributed by atoms with E-state index in [0.29, 0.717) is 12.8 Å². The summed E-state index contributed by atoms with van der Waals surface area (Å²) in [6, 6.07) is 0. The molecule has 0 heterocycles. The van der Waals surface area contributed by atoms with Crippen LogP contribution in [0.15, 0.2) is 0 Å². The van der Waals surface area contributed by atoms with E-state index in [4.69, 9.17) is 9.47 Å². The van der Waals surface area contributed by atoms with Crippen molar-refractivity contribution < 1.29 is 19.0 Å². The van der Waals surface area contributed by atoms with Gasteiger partial charge in [0.1, 0.15) is 0 Å². The highest BCUT2D eigenvalue weighted by Gasteiger charge is 2.14. The van der Waals surface area contributed by atoms with E-state index in [0.717, 1.165) is 0 Å².